The average molecular weight is 252 g/mol. The van der Waals surface area contributed by atoms with Gasteiger partial charge in [-0.3, -0.25) is 4.79 Å². The van der Waals surface area contributed by atoms with Crippen LogP contribution in [0.2, 0.25) is 5.15 Å². The van der Waals surface area contributed by atoms with Crippen molar-refractivity contribution in [1.29, 1.82) is 0 Å². The van der Waals surface area contributed by atoms with Gasteiger partial charge in [0.1, 0.15) is 5.15 Å². The highest BCUT2D eigenvalue weighted by atomic mass is 35.5. The van der Waals surface area contributed by atoms with Crippen LogP contribution in [0.5, 0.6) is 0 Å². The largest absolute Gasteiger partial charge is 0.397 e. The van der Waals surface area contributed by atoms with Crippen molar-refractivity contribution in [2.75, 3.05) is 12.3 Å². The highest BCUT2D eigenvalue weighted by Crippen LogP contribution is 2.15. The molecule has 0 radical (unpaired) electrons. The van der Waals surface area contributed by atoms with E-state index in [0.29, 0.717) is 17.8 Å². The summed E-state index contributed by atoms with van der Waals surface area (Å²) in [5.41, 5.74) is 6.24. The van der Waals surface area contributed by atoms with E-state index in [4.69, 9.17) is 23.8 Å². The molecule has 1 heterocycles. The third-order valence-electron chi connectivity index (χ3n) is 2.14. The minimum absolute atomic E-state index is 0.153. The van der Waals surface area contributed by atoms with Crippen molar-refractivity contribution in [3.05, 3.63) is 23.0 Å². The number of carbonyl (C=O) groups is 1. The van der Waals surface area contributed by atoms with E-state index in [0.717, 1.165) is 19.3 Å². The Morgan fingerprint density at radius 3 is 3.06 bits per heavy atom. The summed E-state index contributed by atoms with van der Waals surface area (Å²) in [5, 5.41) is 2.89. The van der Waals surface area contributed by atoms with Gasteiger partial charge < -0.3 is 11.1 Å². The average Bonchev–Trinajstić information content (AvgIpc) is 2.32. The maximum Gasteiger partial charge on any atom is 0.254 e. The molecule has 0 bridgehead atoms. The first-order chi connectivity index (χ1) is 8.15. The number of nitrogen functional groups attached to an aromatic ring is 1. The number of amides is 1. The van der Waals surface area contributed by atoms with E-state index >= 15 is 0 Å². The molecule has 1 aromatic rings. The van der Waals surface area contributed by atoms with Crippen LogP contribution in [0.3, 0.4) is 0 Å². The van der Waals surface area contributed by atoms with Crippen molar-refractivity contribution >= 4 is 23.2 Å². The lowest BCUT2D eigenvalue weighted by Gasteiger charge is -2.06. The van der Waals surface area contributed by atoms with Gasteiger partial charge in [0.15, 0.2) is 0 Å². The highest BCUT2D eigenvalue weighted by Gasteiger charge is 2.10. The molecule has 0 aliphatic carbocycles. The van der Waals surface area contributed by atoms with Crippen LogP contribution >= 0.6 is 11.6 Å². The molecule has 0 fully saturated rings. The number of nitrogens with zero attached hydrogens (tertiary/aromatic N) is 1. The number of unbranched alkanes of at least 4 members (excludes halogenated alkanes) is 2. The molecule has 0 spiro atoms. The monoisotopic (exact) mass is 251 g/mol. The molecular formula is C12H14ClN3O. The summed E-state index contributed by atoms with van der Waals surface area (Å²) in [4.78, 5) is 15.5. The Balaban J connectivity index is 2.47. The van der Waals surface area contributed by atoms with E-state index in [9.17, 15) is 4.79 Å². The molecule has 0 saturated carbocycles. The number of anilines is 1. The normalized spacial score (nSPS) is 9.65. The molecule has 1 amide bonds. The van der Waals surface area contributed by atoms with E-state index in [-0.39, 0.29) is 11.1 Å². The minimum atomic E-state index is -0.268. The number of terminal acetylenes is 1. The van der Waals surface area contributed by atoms with Crippen LogP contribution in [0.25, 0.3) is 0 Å². The summed E-state index contributed by atoms with van der Waals surface area (Å²) >= 11 is 5.80. The fourth-order valence-corrected chi connectivity index (χ4v) is 1.46. The summed E-state index contributed by atoms with van der Waals surface area (Å²) in [7, 11) is 0. The lowest BCUT2D eigenvalue weighted by molar-refractivity contribution is 0.0953. The second-order valence-corrected chi connectivity index (χ2v) is 3.88. The standard InChI is InChI=1S/C12H14ClN3O/c1-2-3-4-5-6-15-12(17)10-7-9(14)8-16-11(10)13/h1,7-8H,3-6,14H2,(H,15,17). The van der Waals surface area contributed by atoms with Gasteiger partial charge in [-0.25, -0.2) is 4.98 Å². The molecule has 0 atom stereocenters. The number of hydrogen-bond acceptors (Lipinski definition) is 3. The van der Waals surface area contributed by atoms with Crippen molar-refractivity contribution in [1.82, 2.24) is 10.3 Å². The van der Waals surface area contributed by atoms with Crippen LogP contribution in [0.1, 0.15) is 29.6 Å². The topological polar surface area (TPSA) is 68.0 Å². The smallest absolute Gasteiger partial charge is 0.254 e. The van der Waals surface area contributed by atoms with Gasteiger partial charge >= 0.3 is 0 Å². The van der Waals surface area contributed by atoms with Crippen molar-refractivity contribution in [2.24, 2.45) is 0 Å². The third kappa shape index (κ3) is 4.33. The number of rotatable bonds is 5. The number of pyridine rings is 1. The van der Waals surface area contributed by atoms with Gasteiger partial charge in [0.2, 0.25) is 0 Å². The first-order valence-corrected chi connectivity index (χ1v) is 5.65. The maximum atomic E-state index is 11.7. The Hall–Kier alpha value is -1.73. The quantitative estimate of drug-likeness (QED) is 0.477. The summed E-state index contributed by atoms with van der Waals surface area (Å²) in [5.74, 6) is 2.28. The summed E-state index contributed by atoms with van der Waals surface area (Å²) in [6, 6.07) is 1.51. The fourth-order valence-electron chi connectivity index (χ4n) is 1.27. The van der Waals surface area contributed by atoms with Gasteiger partial charge in [-0.05, 0) is 18.9 Å². The highest BCUT2D eigenvalue weighted by molar-refractivity contribution is 6.32. The number of nitrogens with one attached hydrogen (secondary N) is 1. The molecular weight excluding hydrogens is 238 g/mol. The minimum Gasteiger partial charge on any atom is -0.397 e. The molecule has 17 heavy (non-hydrogen) atoms. The molecule has 90 valence electrons. The zero-order valence-corrected chi connectivity index (χ0v) is 10.1. The Morgan fingerprint density at radius 2 is 2.35 bits per heavy atom. The zero-order chi connectivity index (χ0) is 12.7. The van der Waals surface area contributed by atoms with Crippen molar-refractivity contribution in [2.45, 2.75) is 19.3 Å². The fraction of sp³-hybridized carbons (Fsp3) is 0.333. The van der Waals surface area contributed by atoms with E-state index in [1.807, 2.05) is 0 Å². The zero-order valence-electron chi connectivity index (χ0n) is 9.37. The van der Waals surface area contributed by atoms with Gasteiger partial charge in [-0.15, -0.1) is 12.3 Å². The Kier molecular flexibility index (Phi) is 5.31. The number of hydrogen-bond donors (Lipinski definition) is 2. The molecule has 1 rings (SSSR count). The predicted octanol–water partition coefficient (Wildman–Crippen LogP) is 1.85. The van der Waals surface area contributed by atoms with E-state index < -0.39 is 0 Å². The molecule has 1 aromatic heterocycles. The van der Waals surface area contributed by atoms with Crippen LogP contribution in [-0.2, 0) is 0 Å². The molecule has 5 heteroatoms. The Morgan fingerprint density at radius 1 is 1.59 bits per heavy atom. The first kappa shape index (κ1) is 13.3. The molecule has 3 N–H and O–H groups in total. The van der Waals surface area contributed by atoms with Gasteiger partial charge in [0.25, 0.3) is 5.91 Å². The van der Waals surface area contributed by atoms with E-state index in [2.05, 4.69) is 16.2 Å². The number of aromatic nitrogens is 1. The second kappa shape index (κ2) is 6.77. The predicted molar refractivity (Wildman–Crippen MR) is 68.7 cm³/mol. The summed E-state index contributed by atoms with van der Waals surface area (Å²) in [6.07, 6.45) is 8.97. The lowest BCUT2D eigenvalue weighted by Crippen LogP contribution is -2.25. The SMILES string of the molecule is C#CCCCCNC(=O)c1cc(N)cnc1Cl. The van der Waals surface area contributed by atoms with Crippen LogP contribution in [0.15, 0.2) is 12.3 Å². The molecule has 0 unspecified atom stereocenters. The van der Waals surface area contributed by atoms with Crippen molar-refractivity contribution in [3.8, 4) is 12.3 Å². The van der Waals surface area contributed by atoms with Crippen LogP contribution in [0.4, 0.5) is 5.69 Å². The molecule has 4 nitrogen and oxygen atoms in total. The van der Waals surface area contributed by atoms with Gasteiger partial charge in [-0.1, -0.05) is 11.6 Å². The second-order valence-electron chi connectivity index (χ2n) is 3.52. The molecule has 0 aliphatic rings. The number of nitrogens with two attached hydrogens (primary N) is 1. The van der Waals surface area contributed by atoms with Crippen molar-refractivity contribution < 1.29 is 4.79 Å². The summed E-state index contributed by atoms with van der Waals surface area (Å²) in [6.45, 7) is 0.561. The van der Waals surface area contributed by atoms with Crippen molar-refractivity contribution in [3.63, 3.8) is 0 Å². The van der Waals surface area contributed by atoms with Crippen LogP contribution in [0, 0.1) is 12.3 Å². The van der Waals surface area contributed by atoms with E-state index in [1.54, 1.807) is 0 Å². The molecule has 0 aromatic carbocycles. The lowest BCUT2D eigenvalue weighted by atomic mass is 10.2. The molecule has 0 saturated heterocycles. The molecule has 0 aliphatic heterocycles. The van der Waals surface area contributed by atoms with Crippen LogP contribution in [-0.4, -0.2) is 17.4 Å². The van der Waals surface area contributed by atoms with E-state index in [1.165, 1.54) is 12.3 Å². The van der Waals surface area contributed by atoms with Crippen LogP contribution < -0.4 is 11.1 Å². The third-order valence-corrected chi connectivity index (χ3v) is 2.44. The Bertz CT molecular complexity index is 440. The number of carbonyl (C=O) groups excluding carboxylic acids is 1. The summed E-state index contributed by atoms with van der Waals surface area (Å²) < 4.78 is 0. The maximum absolute atomic E-state index is 11.7. The van der Waals surface area contributed by atoms with Gasteiger partial charge in [-0.2, -0.15) is 0 Å². The first-order valence-electron chi connectivity index (χ1n) is 5.28. The Labute approximate surface area is 106 Å². The number of halogens is 1. The van der Waals surface area contributed by atoms with Gasteiger partial charge in [0.05, 0.1) is 17.4 Å². The van der Waals surface area contributed by atoms with Gasteiger partial charge in [0, 0.05) is 13.0 Å².